The van der Waals surface area contributed by atoms with Crippen LogP contribution in [0.3, 0.4) is 0 Å². The van der Waals surface area contributed by atoms with Crippen molar-refractivity contribution >= 4 is 11.8 Å². The van der Waals surface area contributed by atoms with Gasteiger partial charge >= 0.3 is 0 Å². The predicted molar refractivity (Wildman–Crippen MR) is 75.9 cm³/mol. The second kappa shape index (κ2) is 5.27. The summed E-state index contributed by atoms with van der Waals surface area (Å²) in [7, 11) is 0. The Balaban J connectivity index is 1.95. The highest BCUT2D eigenvalue weighted by molar-refractivity contribution is 5.94. The van der Waals surface area contributed by atoms with Gasteiger partial charge in [0, 0.05) is 0 Å². The summed E-state index contributed by atoms with van der Waals surface area (Å²) in [6, 6.07) is 3.13. The number of aromatic nitrogens is 2. The maximum atomic E-state index is 12.1. The third-order valence-electron chi connectivity index (χ3n) is 3.20. The highest BCUT2D eigenvalue weighted by Crippen LogP contribution is 2.34. The number of nitrogens with one attached hydrogen (secondary N) is 1. The van der Waals surface area contributed by atoms with Gasteiger partial charge < -0.3 is 24.9 Å². The number of carbonyl (C=O) groups excluding carboxylic acids is 2. The molecule has 0 radical (unpaired) electrons. The van der Waals surface area contributed by atoms with Crippen LogP contribution in [0.25, 0.3) is 0 Å². The van der Waals surface area contributed by atoms with Crippen LogP contribution in [-0.4, -0.2) is 28.6 Å². The first-order chi connectivity index (χ1) is 10.9. The molecule has 1 aliphatic rings. The van der Waals surface area contributed by atoms with Gasteiger partial charge in [0.25, 0.3) is 17.7 Å². The first-order valence-corrected chi connectivity index (χ1v) is 6.72. The molecule has 1 aliphatic heterocycles. The van der Waals surface area contributed by atoms with E-state index in [1.165, 1.54) is 12.3 Å². The minimum Gasteiger partial charge on any atom is -0.459 e. The van der Waals surface area contributed by atoms with Crippen molar-refractivity contribution in [2.45, 2.75) is 19.4 Å². The molecule has 0 spiro atoms. The van der Waals surface area contributed by atoms with E-state index in [1.54, 1.807) is 19.9 Å². The lowest BCUT2D eigenvalue weighted by Gasteiger charge is -2.24. The first kappa shape index (κ1) is 14.8. The monoisotopic (exact) mass is 318 g/mol. The van der Waals surface area contributed by atoms with Crippen LogP contribution < -0.4 is 20.5 Å². The molecular formula is C14H14N4O5. The van der Waals surface area contributed by atoms with E-state index in [2.05, 4.69) is 15.3 Å². The molecule has 0 unspecified atom stereocenters. The fraction of sp³-hybridized carbons (Fsp3) is 0.286. The van der Waals surface area contributed by atoms with E-state index in [9.17, 15) is 9.59 Å². The second-order valence-electron chi connectivity index (χ2n) is 5.36. The maximum absolute atomic E-state index is 12.1. The van der Waals surface area contributed by atoms with Crippen molar-refractivity contribution in [3.63, 3.8) is 0 Å². The number of rotatable bonds is 4. The SMILES string of the molecule is CC(C)(NC(=O)c1ccco1)c1nc2c(c(C(N)=O)n1)OCO2. The number of hydrogen-bond donors (Lipinski definition) is 2. The number of furan rings is 1. The third-order valence-corrected chi connectivity index (χ3v) is 3.20. The zero-order valence-electron chi connectivity index (χ0n) is 12.5. The number of fused-ring (bicyclic) bond motifs is 1. The summed E-state index contributed by atoms with van der Waals surface area (Å²) in [4.78, 5) is 32.0. The molecule has 2 aromatic heterocycles. The summed E-state index contributed by atoms with van der Waals surface area (Å²) in [5.41, 5.74) is 4.21. The Hall–Kier alpha value is -3.10. The molecule has 0 fully saturated rings. The fourth-order valence-corrected chi connectivity index (χ4v) is 2.06. The van der Waals surface area contributed by atoms with Crippen LogP contribution in [0.4, 0.5) is 0 Å². The largest absolute Gasteiger partial charge is 0.459 e. The lowest BCUT2D eigenvalue weighted by Crippen LogP contribution is -2.42. The van der Waals surface area contributed by atoms with Crippen molar-refractivity contribution in [1.29, 1.82) is 0 Å². The lowest BCUT2D eigenvalue weighted by molar-refractivity contribution is 0.0879. The Morgan fingerprint density at radius 1 is 1.30 bits per heavy atom. The topological polar surface area (TPSA) is 130 Å². The van der Waals surface area contributed by atoms with Gasteiger partial charge in [0.1, 0.15) is 0 Å². The molecule has 3 heterocycles. The molecular weight excluding hydrogens is 304 g/mol. The van der Waals surface area contributed by atoms with Gasteiger partial charge in [-0.05, 0) is 26.0 Å². The Kier molecular flexibility index (Phi) is 3.40. The molecule has 3 N–H and O–H groups in total. The summed E-state index contributed by atoms with van der Waals surface area (Å²) in [6.07, 6.45) is 1.39. The number of ether oxygens (including phenoxy) is 2. The number of primary amides is 1. The molecule has 0 aromatic carbocycles. The van der Waals surface area contributed by atoms with Crippen molar-refractivity contribution in [1.82, 2.24) is 15.3 Å². The highest BCUT2D eigenvalue weighted by Gasteiger charge is 2.33. The average Bonchev–Trinajstić information content (AvgIpc) is 3.16. The van der Waals surface area contributed by atoms with Crippen LogP contribution in [0, 0.1) is 0 Å². The summed E-state index contributed by atoms with van der Waals surface area (Å²) in [5.74, 6) is -0.687. The van der Waals surface area contributed by atoms with Crippen molar-refractivity contribution in [2.75, 3.05) is 6.79 Å². The van der Waals surface area contributed by atoms with Gasteiger partial charge in [-0.25, -0.2) is 4.98 Å². The van der Waals surface area contributed by atoms with E-state index < -0.39 is 17.4 Å². The van der Waals surface area contributed by atoms with Crippen LogP contribution in [0.1, 0.15) is 40.7 Å². The van der Waals surface area contributed by atoms with Crippen LogP contribution in [0.15, 0.2) is 22.8 Å². The van der Waals surface area contributed by atoms with Gasteiger partial charge in [0.05, 0.1) is 11.8 Å². The summed E-state index contributed by atoms with van der Waals surface area (Å²) in [5, 5.41) is 2.73. The lowest BCUT2D eigenvalue weighted by atomic mass is 10.0. The molecule has 0 saturated carbocycles. The van der Waals surface area contributed by atoms with E-state index in [0.29, 0.717) is 0 Å². The number of nitrogens with two attached hydrogens (primary N) is 1. The highest BCUT2D eigenvalue weighted by atomic mass is 16.7. The van der Waals surface area contributed by atoms with Gasteiger partial charge in [-0.3, -0.25) is 9.59 Å². The van der Waals surface area contributed by atoms with Crippen molar-refractivity contribution in [3.05, 3.63) is 35.7 Å². The minimum atomic E-state index is -1.00. The quantitative estimate of drug-likeness (QED) is 0.842. The molecule has 120 valence electrons. The Bertz CT molecular complexity index is 770. The van der Waals surface area contributed by atoms with Gasteiger partial charge in [0.15, 0.2) is 17.3 Å². The Morgan fingerprint density at radius 3 is 2.74 bits per heavy atom. The van der Waals surface area contributed by atoms with Gasteiger partial charge in [-0.2, -0.15) is 4.98 Å². The first-order valence-electron chi connectivity index (χ1n) is 6.72. The molecule has 0 aliphatic carbocycles. The normalized spacial score (nSPS) is 13.0. The van der Waals surface area contributed by atoms with Gasteiger partial charge in [0.2, 0.25) is 12.5 Å². The van der Waals surface area contributed by atoms with Crippen molar-refractivity contribution in [3.8, 4) is 11.6 Å². The molecule has 0 saturated heterocycles. The van der Waals surface area contributed by atoms with E-state index in [1.807, 2.05) is 0 Å². The molecule has 23 heavy (non-hydrogen) atoms. The fourth-order valence-electron chi connectivity index (χ4n) is 2.06. The number of hydrogen-bond acceptors (Lipinski definition) is 7. The zero-order chi connectivity index (χ0) is 16.6. The Labute approximate surface area is 130 Å². The smallest absolute Gasteiger partial charge is 0.287 e. The number of nitrogens with zero attached hydrogens (tertiary/aromatic N) is 2. The van der Waals surface area contributed by atoms with E-state index in [0.717, 1.165) is 0 Å². The maximum Gasteiger partial charge on any atom is 0.287 e. The standard InChI is InChI=1S/C14H14N4O5/c1-14(2,18-11(20)7-4-3-5-21-7)13-16-8(10(15)19)9-12(17-13)23-6-22-9/h3-5H,6H2,1-2H3,(H2,15,19)(H,18,20). The van der Waals surface area contributed by atoms with Crippen LogP contribution in [-0.2, 0) is 5.54 Å². The molecule has 0 atom stereocenters. The summed E-state index contributed by atoms with van der Waals surface area (Å²) < 4.78 is 15.4. The Morgan fingerprint density at radius 2 is 2.09 bits per heavy atom. The van der Waals surface area contributed by atoms with E-state index >= 15 is 0 Å². The molecule has 2 aromatic rings. The van der Waals surface area contributed by atoms with E-state index in [-0.39, 0.29) is 35.7 Å². The van der Waals surface area contributed by atoms with E-state index in [4.69, 9.17) is 19.6 Å². The van der Waals surface area contributed by atoms with Crippen LogP contribution >= 0.6 is 0 Å². The second-order valence-corrected chi connectivity index (χ2v) is 5.36. The van der Waals surface area contributed by atoms with Crippen molar-refractivity contribution in [2.24, 2.45) is 5.73 Å². The van der Waals surface area contributed by atoms with Crippen LogP contribution in [0.5, 0.6) is 11.6 Å². The average molecular weight is 318 g/mol. The minimum absolute atomic E-state index is 0.0765. The molecule has 9 heteroatoms. The zero-order valence-corrected chi connectivity index (χ0v) is 12.5. The molecule has 9 nitrogen and oxygen atoms in total. The molecule has 2 amide bonds. The van der Waals surface area contributed by atoms with Gasteiger partial charge in [-0.1, -0.05) is 0 Å². The summed E-state index contributed by atoms with van der Waals surface area (Å²) in [6.45, 7) is 3.28. The molecule has 3 rings (SSSR count). The predicted octanol–water partition coefficient (Wildman–Crippen LogP) is 0.562. The number of carbonyl (C=O) groups is 2. The van der Waals surface area contributed by atoms with Crippen molar-refractivity contribution < 1.29 is 23.5 Å². The third kappa shape index (κ3) is 2.68. The molecule has 0 bridgehead atoms. The van der Waals surface area contributed by atoms with Crippen LogP contribution in [0.2, 0.25) is 0 Å². The van der Waals surface area contributed by atoms with Gasteiger partial charge in [-0.15, -0.1) is 0 Å². The summed E-state index contributed by atoms with van der Waals surface area (Å²) >= 11 is 0. The number of amides is 2.